The Bertz CT molecular complexity index is 415. The van der Waals surface area contributed by atoms with Gasteiger partial charge in [-0.3, -0.25) is 4.90 Å². The number of alkyl halides is 2. The number of benzene rings is 1. The highest BCUT2D eigenvalue weighted by Crippen LogP contribution is 2.31. The van der Waals surface area contributed by atoms with Gasteiger partial charge in [-0.05, 0) is 19.4 Å². The average molecular weight is 268 g/mol. The van der Waals surface area contributed by atoms with E-state index < -0.39 is 5.92 Å². The van der Waals surface area contributed by atoms with Crippen molar-refractivity contribution in [1.82, 2.24) is 10.2 Å². The summed E-state index contributed by atoms with van der Waals surface area (Å²) >= 11 is 0. The van der Waals surface area contributed by atoms with Crippen LogP contribution < -0.4 is 5.32 Å². The molecular formula is C15H22F2N2. The molecule has 2 rings (SSSR count). The normalized spacial score (nSPS) is 18.6. The van der Waals surface area contributed by atoms with E-state index in [1.165, 1.54) is 0 Å². The van der Waals surface area contributed by atoms with Crippen LogP contribution in [-0.4, -0.2) is 31.1 Å². The van der Waals surface area contributed by atoms with Gasteiger partial charge < -0.3 is 5.32 Å². The minimum atomic E-state index is -2.77. The highest BCUT2D eigenvalue weighted by atomic mass is 19.3. The number of nitrogens with zero attached hydrogens (tertiary/aromatic N) is 1. The first kappa shape index (κ1) is 14.4. The zero-order valence-electron chi connectivity index (χ0n) is 11.8. The summed E-state index contributed by atoms with van der Waals surface area (Å²) in [7, 11) is 0. The van der Waals surface area contributed by atoms with Crippen molar-refractivity contribution in [2.24, 2.45) is 0 Å². The van der Waals surface area contributed by atoms with Gasteiger partial charge in [0.2, 0.25) is 0 Å². The summed E-state index contributed by atoms with van der Waals surface area (Å²) in [4.78, 5) is 2.39. The van der Waals surface area contributed by atoms with E-state index in [4.69, 9.17) is 0 Å². The van der Waals surface area contributed by atoms with E-state index in [9.17, 15) is 8.78 Å². The third kappa shape index (κ3) is 3.12. The lowest BCUT2D eigenvalue weighted by molar-refractivity contribution is 0.0173. The molecule has 2 nitrogen and oxygen atoms in total. The summed E-state index contributed by atoms with van der Waals surface area (Å²) in [5.74, 6) is -2.77. The molecule has 0 bridgehead atoms. The molecular weight excluding hydrogens is 246 g/mol. The van der Waals surface area contributed by atoms with Crippen LogP contribution in [0.1, 0.15) is 31.9 Å². The standard InChI is InChI=1S/C15H22F2N2/c1-14(2,19-10-8-18-9-11-19)12-4-6-13(7-5-12)15(3,16)17/h4-7,18H,8-11H2,1-3H3. The zero-order chi connectivity index (χ0) is 14.1. The van der Waals surface area contributed by atoms with E-state index in [0.29, 0.717) is 0 Å². The molecule has 0 amide bonds. The third-order valence-corrected chi connectivity index (χ3v) is 4.01. The molecule has 1 aliphatic heterocycles. The molecule has 0 aliphatic carbocycles. The summed E-state index contributed by atoms with van der Waals surface area (Å²) in [5, 5.41) is 3.33. The van der Waals surface area contributed by atoms with Gasteiger partial charge >= 0.3 is 0 Å². The molecule has 4 heteroatoms. The summed E-state index contributed by atoms with van der Waals surface area (Å²) in [6.45, 7) is 9.17. The topological polar surface area (TPSA) is 15.3 Å². The molecule has 1 aromatic rings. The zero-order valence-corrected chi connectivity index (χ0v) is 11.8. The third-order valence-electron chi connectivity index (χ3n) is 4.01. The van der Waals surface area contributed by atoms with E-state index in [1.807, 2.05) is 12.1 Å². The van der Waals surface area contributed by atoms with Gasteiger partial charge in [-0.25, -0.2) is 8.78 Å². The smallest absolute Gasteiger partial charge is 0.270 e. The molecule has 1 N–H and O–H groups in total. The van der Waals surface area contributed by atoms with Crippen molar-refractivity contribution in [3.05, 3.63) is 35.4 Å². The van der Waals surface area contributed by atoms with E-state index in [-0.39, 0.29) is 11.1 Å². The molecule has 1 heterocycles. The van der Waals surface area contributed by atoms with Crippen LogP contribution in [0, 0.1) is 0 Å². The van der Waals surface area contributed by atoms with Crippen LogP contribution in [0.4, 0.5) is 8.78 Å². The Morgan fingerprint density at radius 3 is 1.89 bits per heavy atom. The summed E-state index contributed by atoms with van der Waals surface area (Å²) in [5.41, 5.74) is 1.04. The van der Waals surface area contributed by atoms with Crippen LogP contribution in [0.2, 0.25) is 0 Å². The van der Waals surface area contributed by atoms with Crippen molar-refractivity contribution < 1.29 is 8.78 Å². The Morgan fingerprint density at radius 2 is 1.42 bits per heavy atom. The van der Waals surface area contributed by atoms with Gasteiger partial charge in [0.05, 0.1) is 0 Å². The average Bonchev–Trinajstić information content (AvgIpc) is 2.39. The SMILES string of the molecule is CC(F)(F)c1ccc(C(C)(C)N2CCNCC2)cc1. The van der Waals surface area contributed by atoms with Gasteiger partial charge in [0.25, 0.3) is 5.92 Å². The molecule has 1 aromatic carbocycles. The Morgan fingerprint density at radius 1 is 0.947 bits per heavy atom. The quantitative estimate of drug-likeness (QED) is 0.906. The summed E-state index contributed by atoms with van der Waals surface area (Å²) in [6.07, 6.45) is 0. The molecule has 0 unspecified atom stereocenters. The van der Waals surface area contributed by atoms with Gasteiger partial charge in [-0.2, -0.15) is 0 Å². The van der Waals surface area contributed by atoms with E-state index in [0.717, 1.165) is 38.7 Å². The van der Waals surface area contributed by atoms with Crippen molar-refractivity contribution in [2.45, 2.75) is 32.2 Å². The van der Waals surface area contributed by atoms with Crippen molar-refractivity contribution in [3.63, 3.8) is 0 Å². The molecule has 1 saturated heterocycles. The van der Waals surface area contributed by atoms with Gasteiger partial charge in [-0.15, -0.1) is 0 Å². The van der Waals surface area contributed by atoms with Gasteiger partial charge in [0.1, 0.15) is 0 Å². The lowest BCUT2D eigenvalue weighted by Gasteiger charge is -2.41. The predicted molar refractivity (Wildman–Crippen MR) is 73.5 cm³/mol. The minimum Gasteiger partial charge on any atom is -0.314 e. The van der Waals surface area contributed by atoms with E-state index in [2.05, 4.69) is 24.1 Å². The number of halogens is 2. The van der Waals surface area contributed by atoms with Crippen LogP contribution >= 0.6 is 0 Å². The second-order valence-corrected chi connectivity index (χ2v) is 5.76. The van der Waals surface area contributed by atoms with Crippen molar-refractivity contribution in [3.8, 4) is 0 Å². The van der Waals surface area contributed by atoms with E-state index >= 15 is 0 Å². The van der Waals surface area contributed by atoms with E-state index in [1.54, 1.807) is 12.1 Å². The lowest BCUT2D eigenvalue weighted by Crippen LogP contribution is -2.51. The highest BCUT2D eigenvalue weighted by Gasteiger charge is 2.30. The Balaban J connectivity index is 2.20. The summed E-state index contributed by atoms with van der Waals surface area (Å²) < 4.78 is 26.4. The van der Waals surface area contributed by atoms with Crippen LogP contribution in [0.15, 0.2) is 24.3 Å². The monoisotopic (exact) mass is 268 g/mol. The Kier molecular flexibility index (Phi) is 3.92. The van der Waals surface area contributed by atoms with Gasteiger partial charge in [-0.1, -0.05) is 24.3 Å². The van der Waals surface area contributed by atoms with Gasteiger partial charge in [0.15, 0.2) is 0 Å². The second-order valence-electron chi connectivity index (χ2n) is 5.76. The minimum absolute atomic E-state index is 0.0763. The predicted octanol–water partition coefficient (Wildman–Crippen LogP) is 2.94. The summed E-state index contributed by atoms with van der Waals surface area (Å²) in [6, 6.07) is 6.74. The molecule has 1 aliphatic rings. The van der Waals surface area contributed by atoms with Crippen molar-refractivity contribution in [1.29, 1.82) is 0 Å². The number of hydrogen-bond acceptors (Lipinski definition) is 2. The maximum atomic E-state index is 13.2. The first-order valence-electron chi connectivity index (χ1n) is 6.76. The lowest BCUT2D eigenvalue weighted by atomic mass is 9.90. The second kappa shape index (κ2) is 5.17. The largest absolute Gasteiger partial charge is 0.314 e. The van der Waals surface area contributed by atoms with Gasteiger partial charge in [0, 0.05) is 44.2 Å². The molecule has 0 saturated carbocycles. The molecule has 0 radical (unpaired) electrons. The molecule has 1 fully saturated rings. The van der Waals surface area contributed by atoms with Crippen LogP contribution in [0.5, 0.6) is 0 Å². The van der Waals surface area contributed by atoms with Crippen molar-refractivity contribution >= 4 is 0 Å². The number of hydrogen-bond donors (Lipinski definition) is 1. The van der Waals surface area contributed by atoms with Crippen LogP contribution in [0.25, 0.3) is 0 Å². The maximum Gasteiger partial charge on any atom is 0.270 e. The fourth-order valence-corrected chi connectivity index (χ4v) is 2.58. The highest BCUT2D eigenvalue weighted by molar-refractivity contribution is 5.29. The molecule has 0 spiro atoms. The number of nitrogens with one attached hydrogen (secondary N) is 1. The number of piperazine rings is 1. The van der Waals surface area contributed by atoms with Crippen LogP contribution in [0.3, 0.4) is 0 Å². The molecule has 19 heavy (non-hydrogen) atoms. The Hall–Kier alpha value is -1.00. The Labute approximate surface area is 113 Å². The number of rotatable bonds is 3. The first-order valence-corrected chi connectivity index (χ1v) is 6.76. The molecule has 0 aromatic heterocycles. The van der Waals surface area contributed by atoms with Crippen LogP contribution in [-0.2, 0) is 11.5 Å². The maximum absolute atomic E-state index is 13.2. The molecule has 0 atom stereocenters. The molecule has 106 valence electrons. The van der Waals surface area contributed by atoms with Crippen molar-refractivity contribution in [2.75, 3.05) is 26.2 Å². The fraction of sp³-hybridized carbons (Fsp3) is 0.600. The fourth-order valence-electron chi connectivity index (χ4n) is 2.58. The first-order chi connectivity index (χ1) is 8.82.